The van der Waals surface area contributed by atoms with Crippen LogP contribution in [0.5, 0.6) is 0 Å². The normalized spacial score (nSPS) is 40.7. The Hall–Kier alpha value is -4.59. The van der Waals surface area contributed by atoms with E-state index in [4.69, 9.17) is 56.8 Å². The summed E-state index contributed by atoms with van der Waals surface area (Å²) in [6.07, 6.45) is -71.9. The number of carboxylic acids is 2. The monoisotopic (exact) mass is 1560 g/mol. The first-order chi connectivity index (χ1) is 49.0. The molecular formula is C56H94N4O44S. The molecule has 36 atom stereocenters. The maximum absolute atomic E-state index is 13.4. The lowest BCUT2D eigenvalue weighted by atomic mass is 9.88. The second-order valence-corrected chi connectivity index (χ2v) is 26.8. The fourth-order valence-corrected chi connectivity index (χ4v) is 12.9. The zero-order chi connectivity index (χ0) is 79.0. The minimum atomic E-state index is -5.65. The van der Waals surface area contributed by atoms with E-state index in [1.165, 1.54) is 0 Å². The Labute approximate surface area is 594 Å². The predicted octanol–water partition coefficient (Wildman–Crippen LogP) is -16.8. The zero-order valence-corrected chi connectivity index (χ0v) is 57.1. The van der Waals surface area contributed by atoms with Gasteiger partial charge in [-0.25, -0.2) is 13.8 Å². The topological polar surface area (TPSA) is 770 Å². The van der Waals surface area contributed by atoms with Gasteiger partial charge in [-0.15, -0.1) is 0 Å². The number of hydrogen-bond acceptors (Lipinski definition) is 41. The number of carbonyl (C=O) groups is 6. The number of carbonyl (C=O) groups excluding carboxylic acids is 4. The lowest BCUT2D eigenvalue weighted by molar-refractivity contribution is -0.391. The molecule has 0 aliphatic carbocycles. The number of hydrogen-bond donors (Lipinski definition) is 27. The molecule has 0 saturated carbocycles. The molecule has 608 valence electrons. The average molecular weight is 1560 g/mol. The van der Waals surface area contributed by atoms with E-state index in [9.17, 15) is 154 Å². The molecule has 6 fully saturated rings. The van der Waals surface area contributed by atoms with Gasteiger partial charge >= 0.3 is 22.3 Å². The smallest absolute Gasteiger partial charge is 0.397 e. The summed E-state index contributed by atoms with van der Waals surface area (Å²) in [5, 5.41) is 251. The van der Waals surface area contributed by atoms with Gasteiger partial charge in [0.1, 0.15) is 146 Å². The summed E-state index contributed by atoms with van der Waals surface area (Å²) in [5.74, 6) is -15.1. The van der Waals surface area contributed by atoms with E-state index in [0.717, 1.165) is 34.6 Å². The number of amides is 4. The molecule has 105 heavy (non-hydrogen) atoms. The first-order valence-electron chi connectivity index (χ1n) is 32.3. The molecule has 27 N–H and O–H groups in total. The average Bonchev–Trinajstić information content (AvgIpc) is 0.733. The summed E-state index contributed by atoms with van der Waals surface area (Å²) in [4.78, 5) is 77.0. The van der Waals surface area contributed by atoms with E-state index < -0.39 is 325 Å². The van der Waals surface area contributed by atoms with E-state index in [-0.39, 0.29) is 0 Å². The number of carboxylic acid groups (broad SMARTS) is 2. The maximum atomic E-state index is 13.4. The van der Waals surface area contributed by atoms with Crippen molar-refractivity contribution in [3.63, 3.8) is 0 Å². The Morgan fingerprint density at radius 1 is 0.505 bits per heavy atom. The van der Waals surface area contributed by atoms with Crippen LogP contribution in [-0.2, 0) is 100 Å². The minimum Gasteiger partial charge on any atom is -0.477 e. The van der Waals surface area contributed by atoms with Crippen LogP contribution in [0.2, 0.25) is 0 Å². The van der Waals surface area contributed by atoms with Crippen molar-refractivity contribution in [1.29, 1.82) is 0 Å². The van der Waals surface area contributed by atoms with Gasteiger partial charge in [-0.1, -0.05) is 0 Å². The lowest BCUT2D eigenvalue weighted by Crippen LogP contribution is -2.71. The minimum absolute atomic E-state index is 0.821. The summed E-state index contributed by atoms with van der Waals surface area (Å²) in [7, 11) is -5.65. The van der Waals surface area contributed by atoms with Crippen molar-refractivity contribution in [2.75, 3.05) is 46.2 Å². The Morgan fingerprint density at radius 2 is 0.933 bits per heavy atom. The summed E-state index contributed by atoms with van der Waals surface area (Å²) in [5.41, 5.74) is 0. The van der Waals surface area contributed by atoms with Crippen LogP contribution in [0, 0.1) is 0 Å². The third-order valence-corrected chi connectivity index (χ3v) is 18.3. The number of aliphatic hydroxyl groups excluding tert-OH is 20. The maximum Gasteiger partial charge on any atom is 0.397 e. The van der Waals surface area contributed by atoms with Crippen LogP contribution in [0.1, 0.15) is 47.5 Å². The van der Waals surface area contributed by atoms with E-state index in [1.807, 2.05) is 0 Å². The second kappa shape index (κ2) is 37.9. The Bertz CT molecular complexity index is 2980. The first-order valence-corrected chi connectivity index (χ1v) is 33.7. The highest BCUT2D eigenvalue weighted by Gasteiger charge is 2.63. The van der Waals surface area contributed by atoms with Gasteiger partial charge in [0, 0.05) is 40.5 Å². The molecule has 6 rings (SSSR count). The Balaban J connectivity index is 1.39. The highest BCUT2D eigenvalue weighted by Crippen LogP contribution is 2.42. The third kappa shape index (κ3) is 21.3. The van der Waals surface area contributed by atoms with E-state index in [0.29, 0.717) is 0 Å². The number of aliphatic carboxylic acids is 2. The number of ether oxygens (including phenoxy) is 12. The molecule has 49 heteroatoms. The zero-order valence-electron chi connectivity index (χ0n) is 56.3. The van der Waals surface area contributed by atoms with Crippen LogP contribution in [0.25, 0.3) is 0 Å². The molecule has 0 bridgehead atoms. The molecule has 6 saturated heterocycles. The molecule has 48 nitrogen and oxygen atoms in total. The van der Waals surface area contributed by atoms with Crippen molar-refractivity contribution < 1.29 is 215 Å². The van der Waals surface area contributed by atoms with Crippen molar-refractivity contribution in [2.24, 2.45) is 0 Å². The van der Waals surface area contributed by atoms with Crippen LogP contribution in [-0.4, -0.2) is 427 Å². The molecule has 0 unspecified atom stereocenters. The molecule has 0 aromatic rings. The van der Waals surface area contributed by atoms with Crippen LogP contribution in [0.4, 0.5) is 0 Å². The summed E-state index contributed by atoms with van der Waals surface area (Å²) in [6.45, 7) is -4.61. The van der Waals surface area contributed by atoms with Crippen molar-refractivity contribution in [3.05, 3.63) is 0 Å². The SMILES string of the molecule is CC(=O)N[C@H]1[C@H](OC[C@@H](O)[C@H](O)[C@H](O[C@@H]2O[C@H](CO)[C@H](O)[C@H](O[C@]3(C(=O)O)C[C@H](O)[C@@H](NC(C)=O)[C@H]([C@H](O)[C@H](O)CO)O3)[C@H]2O)[C@H](CO)NC(C)=O)O[C@H](COS(=O)(=O)O)[C@@H](O[C@@H]2O[C@H](CO)[C@H](O)[C@H](O[C@]3(C(=O)O)C[C@H](O)[C@@H](NC(C)=O)[C@H]([C@H](O)[C@H](O)CO)O3)[C@H]2O)[C@@H]1O[C@@H]1O[C@@H](C)[C@@H](O)[C@@H](O)[C@@H]1O. The second-order valence-electron chi connectivity index (χ2n) is 25.7. The molecule has 6 heterocycles. The Kier molecular flexibility index (Phi) is 32.2. The number of aliphatic hydroxyl groups is 20. The van der Waals surface area contributed by atoms with Crippen molar-refractivity contribution >= 4 is 46.0 Å². The quantitative estimate of drug-likeness (QED) is 0.0266. The van der Waals surface area contributed by atoms with Gasteiger partial charge in [0.2, 0.25) is 23.6 Å². The molecule has 0 radical (unpaired) electrons. The predicted molar refractivity (Wildman–Crippen MR) is 324 cm³/mol. The summed E-state index contributed by atoms with van der Waals surface area (Å²) < 4.78 is 109. The van der Waals surface area contributed by atoms with Crippen LogP contribution < -0.4 is 21.3 Å². The van der Waals surface area contributed by atoms with E-state index in [2.05, 4.69) is 25.5 Å². The van der Waals surface area contributed by atoms with Crippen molar-refractivity contribution in [2.45, 2.75) is 267 Å². The van der Waals surface area contributed by atoms with Crippen LogP contribution in [0.15, 0.2) is 0 Å². The van der Waals surface area contributed by atoms with Gasteiger partial charge in [-0.2, -0.15) is 8.42 Å². The highest BCUT2D eigenvalue weighted by molar-refractivity contribution is 7.80. The molecule has 0 aromatic heterocycles. The standard InChI is InChI=1S/C56H94N4O44S/c1-15-32(75)38(81)39(82)50(94-15)100-46-31(60-19(5)69)49(97-28(14-93-105(89,90)91)43(46)99-52-41(84)48(37(80)27(12-65)96-52)104-56(54(87)88)7-22(71)30(59-18(4)68)45(102-56)34(77)24(73)10-63)92-13-25(74)35(78)42(20(8-61)57-16(2)66)98-51-40(83)47(36(79)26(11-64)95-51)103-55(53(85)86)6-21(70)29(58-17(3)67)44(101-55)33(76)23(72)9-62/h15,20-52,61-65,70-84H,6-14H2,1-5H3,(H,57,66)(H,58,67)(H,59,68)(H,60,69)(H,85,86)(H,87,88)(H,89,90,91)/t15-,20-,21-,22-,23+,24+,25+,26+,27+,28+,29+,30+,31+,32+,33+,34+,35-,36-,37-,38+,39-,40+,41+,42+,43+,44+,45+,46+,47-,48-,49+,50-,51-,52-,55-,56-/m0/s1. The van der Waals surface area contributed by atoms with Crippen LogP contribution in [0.3, 0.4) is 0 Å². The third-order valence-electron chi connectivity index (χ3n) is 17.9. The highest BCUT2D eigenvalue weighted by atomic mass is 32.3. The van der Waals surface area contributed by atoms with Crippen LogP contribution >= 0.6 is 0 Å². The van der Waals surface area contributed by atoms with Gasteiger partial charge in [-0.3, -0.25) is 23.7 Å². The van der Waals surface area contributed by atoms with Crippen molar-refractivity contribution in [3.8, 4) is 0 Å². The summed E-state index contributed by atoms with van der Waals surface area (Å²) in [6, 6.07) is -7.72. The largest absolute Gasteiger partial charge is 0.477 e. The first kappa shape index (κ1) is 89.3. The van der Waals surface area contributed by atoms with Gasteiger partial charge < -0.3 is 190 Å². The molecule has 0 aromatic carbocycles. The van der Waals surface area contributed by atoms with E-state index >= 15 is 0 Å². The van der Waals surface area contributed by atoms with Gasteiger partial charge in [-0.05, 0) is 6.92 Å². The number of rotatable bonds is 34. The Morgan fingerprint density at radius 3 is 1.35 bits per heavy atom. The molecule has 0 spiro atoms. The molecule has 4 amide bonds. The molecule has 6 aliphatic rings. The fraction of sp³-hybridized carbons (Fsp3) is 0.893. The number of nitrogens with one attached hydrogen (secondary N) is 4. The fourth-order valence-electron chi connectivity index (χ4n) is 12.6. The molecular weight excluding hydrogens is 1460 g/mol. The lowest BCUT2D eigenvalue weighted by Gasteiger charge is -2.52. The van der Waals surface area contributed by atoms with E-state index in [1.54, 1.807) is 0 Å². The van der Waals surface area contributed by atoms with Crippen molar-refractivity contribution in [1.82, 2.24) is 21.3 Å². The summed E-state index contributed by atoms with van der Waals surface area (Å²) >= 11 is 0. The van der Waals surface area contributed by atoms with Gasteiger partial charge in [0.05, 0.1) is 82.7 Å². The van der Waals surface area contributed by atoms with Gasteiger partial charge in [0.15, 0.2) is 25.2 Å². The molecule has 6 aliphatic heterocycles. The van der Waals surface area contributed by atoms with Gasteiger partial charge in [0.25, 0.3) is 11.6 Å².